The molecule has 0 atom stereocenters. The van der Waals surface area contributed by atoms with Gasteiger partial charge in [-0.15, -0.1) is 0 Å². The first-order valence-corrected chi connectivity index (χ1v) is 6.46. The Morgan fingerprint density at radius 3 is 2.52 bits per heavy atom. The van der Waals surface area contributed by atoms with Gasteiger partial charge in [-0.1, -0.05) is 18.2 Å². The fourth-order valence-corrected chi connectivity index (χ4v) is 2.42. The quantitative estimate of drug-likeness (QED) is 0.559. The molecular formula is C16H10FN3O. The summed E-state index contributed by atoms with van der Waals surface area (Å²) in [5.74, 6) is -0.0728. The molecule has 0 aliphatic heterocycles. The fraction of sp³-hybridized carbons (Fsp3) is 0. The maximum Gasteiger partial charge on any atom is 0.239 e. The van der Waals surface area contributed by atoms with Gasteiger partial charge in [-0.2, -0.15) is 4.98 Å². The lowest BCUT2D eigenvalue weighted by atomic mass is 10.2. The van der Waals surface area contributed by atoms with Crippen molar-refractivity contribution in [3.63, 3.8) is 0 Å². The van der Waals surface area contributed by atoms with E-state index in [1.807, 2.05) is 24.3 Å². The van der Waals surface area contributed by atoms with E-state index >= 15 is 0 Å². The van der Waals surface area contributed by atoms with Crippen molar-refractivity contribution in [3.8, 4) is 17.3 Å². The zero-order chi connectivity index (χ0) is 14.4. The minimum absolute atomic E-state index is 0.115. The van der Waals surface area contributed by atoms with E-state index in [1.54, 1.807) is 12.1 Å². The zero-order valence-corrected chi connectivity index (χ0v) is 10.8. The molecule has 2 N–H and O–H groups in total. The van der Waals surface area contributed by atoms with Crippen LogP contribution >= 0.6 is 0 Å². The molecule has 0 radical (unpaired) electrons. The van der Waals surface area contributed by atoms with E-state index < -0.39 is 0 Å². The van der Waals surface area contributed by atoms with Gasteiger partial charge in [-0.25, -0.2) is 9.37 Å². The molecule has 21 heavy (non-hydrogen) atoms. The van der Waals surface area contributed by atoms with Crippen LogP contribution in [0.5, 0.6) is 5.88 Å². The van der Waals surface area contributed by atoms with E-state index in [4.69, 9.17) is 0 Å². The number of halogens is 1. The summed E-state index contributed by atoms with van der Waals surface area (Å²) in [6, 6.07) is 13.5. The lowest BCUT2D eigenvalue weighted by Gasteiger charge is -2.02. The van der Waals surface area contributed by atoms with E-state index in [9.17, 15) is 9.50 Å². The third-order valence-electron chi connectivity index (χ3n) is 3.43. The van der Waals surface area contributed by atoms with Gasteiger partial charge in [0.15, 0.2) is 5.82 Å². The number of nitrogens with one attached hydrogen (secondary N) is 1. The van der Waals surface area contributed by atoms with E-state index in [1.165, 1.54) is 12.1 Å². The predicted octanol–water partition coefficient (Wildman–Crippen LogP) is 3.62. The van der Waals surface area contributed by atoms with Crippen LogP contribution in [0.15, 0.2) is 48.5 Å². The Labute approximate surface area is 118 Å². The molecule has 0 bridgehead atoms. The number of H-pyrrole nitrogens is 1. The maximum absolute atomic E-state index is 13.0. The number of aromatic nitrogens is 3. The highest BCUT2D eigenvalue weighted by Gasteiger charge is 2.13. The molecule has 4 nitrogen and oxygen atoms in total. The summed E-state index contributed by atoms with van der Waals surface area (Å²) in [4.78, 5) is 11.7. The van der Waals surface area contributed by atoms with Crippen molar-refractivity contribution in [1.82, 2.24) is 15.0 Å². The van der Waals surface area contributed by atoms with E-state index in [2.05, 4.69) is 15.0 Å². The molecule has 4 aromatic rings. The number of aromatic hydroxyl groups is 1. The van der Waals surface area contributed by atoms with E-state index in [-0.39, 0.29) is 11.7 Å². The van der Waals surface area contributed by atoms with Crippen LogP contribution in [0.2, 0.25) is 0 Å². The number of fused-ring (bicyclic) bond motifs is 3. The van der Waals surface area contributed by atoms with Crippen LogP contribution < -0.4 is 0 Å². The highest BCUT2D eigenvalue weighted by molar-refractivity contribution is 6.06. The first kappa shape index (κ1) is 11.8. The fourth-order valence-electron chi connectivity index (χ4n) is 2.42. The number of para-hydroxylation sites is 1. The summed E-state index contributed by atoms with van der Waals surface area (Å²) in [6.07, 6.45) is 0. The van der Waals surface area contributed by atoms with Gasteiger partial charge in [0.05, 0.1) is 0 Å². The van der Waals surface area contributed by atoms with Crippen LogP contribution in [0.3, 0.4) is 0 Å². The molecule has 0 amide bonds. The summed E-state index contributed by atoms with van der Waals surface area (Å²) < 4.78 is 13.0. The number of hydrogen-bond donors (Lipinski definition) is 2. The summed E-state index contributed by atoms with van der Waals surface area (Å²) in [6.45, 7) is 0. The van der Waals surface area contributed by atoms with Gasteiger partial charge in [0.25, 0.3) is 0 Å². The molecular weight excluding hydrogens is 269 g/mol. The Hall–Kier alpha value is -2.95. The smallest absolute Gasteiger partial charge is 0.239 e. The van der Waals surface area contributed by atoms with Gasteiger partial charge >= 0.3 is 0 Å². The Balaban J connectivity index is 2.03. The van der Waals surface area contributed by atoms with Gasteiger partial charge in [-0.05, 0) is 30.3 Å². The monoisotopic (exact) mass is 279 g/mol. The molecule has 0 fully saturated rings. The molecule has 102 valence electrons. The molecule has 0 aliphatic rings. The van der Waals surface area contributed by atoms with Gasteiger partial charge in [0, 0.05) is 16.5 Å². The highest BCUT2D eigenvalue weighted by Crippen LogP contribution is 2.30. The Kier molecular flexibility index (Phi) is 2.41. The average Bonchev–Trinajstić information content (AvgIpc) is 2.87. The third-order valence-corrected chi connectivity index (χ3v) is 3.43. The minimum Gasteiger partial charge on any atom is -0.492 e. The Bertz CT molecular complexity index is 961. The average molecular weight is 279 g/mol. The number of benzene rings is 2. The van der Waals surface area contributed by atoms with Crippen LogP contribution in [-0.2, 0) is 0 Å². The molecule has 0 unspecified atom stereocenters. The molecule has 2 aromatic heterocycles. The second-order valence-corrected chi connectivity index (χ2v) is 4.77. The second kappa shape index (κ2) is 4.28. The largest absolute Gasteiger partial charge is 0.492 e. The topological polar surface area (TPSA) is 61.8 Å². The number of nitrogens with zero attached hydrogens (tertiary/aromatic N) is 2. The van der Waals surface area contributed by atoms with E-state index in [0.717, 1.165) is 10.9 Å². The number of hydrogen-bond acceptors (Lipinski definition) is 3. The number of rotatable bonds is 1. The molecule has 0 saturated carbocycles. The van der Waals surface area contributed by atoms with Crippen LogP contribution in [0.1, 0.15) is 0 Å². The molecule has 2 heterocycles. The molecule has 2 aromatic carbocycles. The van der Waals surface area contributed by atoms with Crippen LogP contribution in [0.4, 0.5) is 4.39 Å². The van der Waals surface area contributed by atoms with Crippen molar-refractivity contribution in [2.45, 2.75) is 0 Å². The molecule has 0 aliphatic carbocycles. The molecule has 0 spiro atoms. The van der Waals surface area contributed by atoms with E-state index in [0.29, 0.717) is 22.4 Å². The normalized spacial score (nSPS) is 11.3. The Morgan fingerprint density at radius 1 is 0.952 bits per heavy atom. The molecule has 4 rings (SSSR count). The third kappa shape index (κ3) is 1.82. The standard InChI is InChI=1S/C16H10FN3O/c17-10-7-5-9(6-8-10)15-19-13-11-3-1-2-4-12(11)18-14(13)16(21)20-15/h1-8,18H,(H,19,20,21). The summed E-state index contributed by atoms with van der Waals surface area (Å²) in [5, 5.41) is 11.0. The van der Waals surface area contributed by atoms with Crippen LogP contribution in [-0.4, -0.2) is 20.1 Å². The van der Waals surface area contributed by atoms with Crippen molar-refractivity contribution in [3.05, 3.63) is 54.3 Å². The van der Waals surface area contributed by atoms with Gasteiger partial charge in [0.1, 0.15) is 16.9 Å². The van der Waals surface area contributed by atoms with Gasteiger partial charge in [-0.3, -0.25) is 0 Å². The maximum atomic E-state index is 13.0. The summed E-state index contributed by atoms with van der Waals surface area (Å²) in [7, 11) is 0. The zero-order valence-electron chi connectivity index (χ0n) is 10.8. The lowest BCUT2D eigenvalue weighted by Crippen LogP contribution is -1.90. The highest BCUT2D eigenvalue weighted by atomic mass is 19.1. The van der Waals surface area contributed by atoms with Crippen LogP contribution in [0, 0.1) is 5.82 Å². The first-order chi connectivity index (χ1) is 10.2. The summed E-state index contributed by atoms with van der Waals surface area (Å²) >= 11 is 0. The van der Waals surface area contributed by atoms with Gasteiger partial charge in [0.2, 0.25) is 5.88 Å². The second-order valence-electron chi connectivity index (χ2n) is 4.77. The Morgan fingerprint density at radius 2 is 1.71 bits per heavy atom. The summed E-state index contributed by atoms with van der Waals surface area (Å²) in [5.41, 5.74) is 2.69. The first-order valence-electron chi connectivity index (χ1n) is 6.46. The van der Waals surface area contributed by atoms with Crippen molar-refractivity contribution in [2.75, 3.05) is 0 Å². The predicted molar refractivity (Wildman–Crippen MR) is 78.5 cm³/mol. The minimum atomic E-state index is -0.323. The SMILES string of the molecule is Oc1nc(-c2ccc(F)cc2)nc2c1[nH]c1ccccc12. The van der Waals surface area contributed by atoms with Crippen LogP contribution in [0.25, 0.3) is 33.3 Å². The number of aromatic amines is 1. The van der Waals surface area contributed by atoms with Crippen molar-refractivity contribution < 1.29 is 9.50 Å². The lowest BCUT2D eigenvalue weighted by molar-refractivity contribution is 0.459. The van der Waals surface area contributed by atoms with Crippen molar-refractivity contribution in [2.24, 2.45) is 0 Å². The van der Waals surface area contributed by atoms with Crippen molar-refractivity contribution in [1.29, 1.82) is 0 Å². The van der Waals surface area contributed by atoms with Crippen molar-refractivity contribution >= 4 is 21.9 Å². The molecule has 0 saturated heterocycles. The molecule has 5 heteroatoms. The van der Waals surface area contributed by atoms with Gasteiger partial charge < -0.3 is 10.1 Å².